The number of amides is 1. The molecule has 0 radical (unpaired) electrons. The Bertz CT molecular complexity index is 1380. The van der Waals surface area contributed by atoms with Crippen molar-refractivity contribution >= 4 is 41.4 Å². The van der Waals surface area contributed by atoms with E-state index in [-0.39, 0.29) is 18.6 Å². The van der Waals surface area contributed by atoms with E-state index in [0.717, 1.165) is 33.5 Å². The van der Waals surface area contributed by atoms with Crippen LogP contribution in [0.4, 0.5) is 5.82 Å². The van der Waals surface area contributed by atoms with Crippen LogP contribution in [0, 0.1) is 6.92 Å². The number of nitrogens with zero attached hydrogens (tertiary/aromatic N) is 5. The number of hydrogen-bond acceptors (Lipinski definition) is 12. The molecule has 1 saturated heterocycles. The third-order valence-corrected chi connectivity index (χ3v) is 7.87. The number of hydrogen-bond donors (Lipinski definition) is 2. The van der Waals surface area contributed by atoms with Crippen LogP contribution in [0.1, 0.15) is 25.5 Å². The van der Waals surface area contributed by atoms with E-state index in [2.05, 4.69) is 30.1 Å². The molecule has 1 fully saturated rings. The van der Waals surface area contributed by atoms with Gasteiger partial charge in [0.2, 0.25) is 0 Å². The molecule has 2 aliphatic heterocycles. The number of pyridine rings is 3. The first-order valence-corrected chi connectivity index (χ1v) is 14.4. The number of carbonyl (C=O) groups is 2. The maximum absolute atomic E-state index is 12.3. The summed E-state index contributed by atoms with van der Waals surface area (Å²) in [6, 6.07) is 11.6. The minimum atomic E-state index is -0.452. The van der Waals surface area contributed by atoms with Crippen molar-refractivity contribution in [2.75, 3.05) is 25.0 Å². The Hall–Kier alpha value is -3.81. The summed E-state index contributed by atoms with van der Waals surface area (Å²) < 4.78 is 11.1. The monoisotopic (exact) mass is 579 g/mol. The second kappa shape index (κ2) is 13.0. The molecule has 5 rings (SSSR count). The van der Waals surface area contributed by atoms with Crippen LogP contribution < -0.4 is 14.9 Å². The summed E-state index contributed by atoms with van der Waals surface area (Å²) in [6.07, 6.45) is 8.86. The van der Waals surface area contributed by atoms with E-state index in [0.29, 0.717) is 30.4 Å². The number of aryl methyl sites for hydroxylation is 1. The molecule has 11 nitrogen and oxygen atoms in total. The number of anilines is 1. The standard InChI is InChI=1S/C27H29N7O4S2/c1-18-22(6-5-11-28-18)38-23-14-21(39-24-7-3-4-10-29-24)15-30-27(23)31-25-16-34(32-40-25)20-8-12-33(13-9-20)26(36)17-37-19(2)35/h3-7,10-11,14-16,20,32H,8-9,12-13,17H2,1-2H3,(H,30,31). The van der Waals surface area contributed by atoms with Crippen LogP contribution in [0.3, 0.4) is 0 Å². The topological polar surface area (TPSA) is 122 Å². The third kappa shape index (κ3) is 7.23. The number of ether oxygens (including phenoxy) is 2. The van der Waals surface area contributed by atoms with Gasteiger partial charge >= 0.3 is 5.97 Å². The highest BCUT2D eigenvalue weighted by molar-refractivity contribution is 8.01. The van der Waals surface area contributed by atoms with Gasteiger partial charge in [0.15, 0.2) is 18.2 Å². The van der Waals surface area contributed by atoms with Crippen LogP contribution in [0.15, 0.2) is 76.1 Å². The molecule has 208 valence electrons. The number of rotatable bonds is 9. The maximum Gasteiger partial charge on any atom is 0.303 e. The Balaban J connectivity index is 1.26. The lowest BCUT2D eigenvalue weighted by atomic mass is 10.0. The molecule has 13 heteroatoms. The SMILES string of the molecule is CC(=O)OCC(=O)N1CCC(N2C=C(Nc3ncc(Sc4ccccn4)cc3Oc3cccnc3C)SN2)CC1. The number of esters is 1. The Morgan fingerprint density at radius 3 is 2.70 bits per heavy atom. The summed E-state index contributed by atoms with van der Waals surface area (Å²) in [6.45, 7) is 4.19. The number of piperidine rings is 1. The Morgan fingerprint density at radius 2 is 1.95 bits per heavy atom. The largest absolute Gasteiger partial charge is 0.456 e. The second-order valence-electron chi connectivity index (χ2n) is 9.09. The van der Waals surface area contributed by atoms with Crippen molar-refractivity contribution in [2.24, 2.45) is 0 Å². The fourth-order valence-corrected chi connectivity index (χ4v) is 5.65. The quantitative estimate of drug-likeness (QED) is 0.277. The highest BCUT2D eigenvalue weighted by atomic mass is 32.2. The highest BCUT2D eigenvalue weighted by Gasteiger charge is 2.29. The number of hydrazine groups is 1. The Morgan fingerprint density at radius 1 is 1.12 bits per heavy atom. The van der Waals surface area contributed by atoms with Gasteiger partial charge in [-0.05, 0) is 56.0 Å². The predicted molar refractivity (Wildman–Crippen MR) is 152 cm³/mol. The number of likely N-dealkylation sites (tertiary alicyclic amines) is 1. The second-order valence-corrected chi connectivity index (χ2v) is 11.0. The number of nitrogens with one attached hydrogen (secondary N) is 2. The van der Waals surface area contributed by atoms with Crippen LogP contribution in [0.25, 0.3) is 0 Å². The van der Waals surface area contributed by atoms with Crippen LogP contribution >= 0.6 is 23.7 Å². The van der Waals surface area contributed by atoms with E-state index in [9.17, 15) is 9.59 Å². The molecule has 0 bridgehead atoms. The summed E-state index contributed by atoms with van der Waals surface area (Å²) in [5, 5.41) is 7.17. The van der Waals surface area contributed by atoms with Crippen LogP contribution in [0.5, 0.6) is 11.5 Å². The van der Waals surface area contributed by atoms with E-state index in [4.69, 9.17) is 9.47 Å². The van der Waals surface area contributed by atoms with Gasteiger partial charge in [-0.25, -0.2) is 9.97 Å². The molecule has 0 aliphatic carbocycles. The van der Waals surface area contributed by atoms with Crippen LogP contribution in [-0.4, -0.2) is 62.5 Å². The molecule has 3 aromatic rings. The van der Waals surface area contributed by atoms with Crippen molar-refractivity contribution in [1.82, 2.24) is 29.7 Å². The summed E-state index contributed by atoms with van der Waals surface area (Å²) in [5.74, 6) is 1.17. The molecule has 0 saturated carbocycles. The van der Waals surface area contributed by atoms with Gasteiger partial charge in [-0.15, -0.1) is 0 Å². The normalized spacial score (nSPS) is 15.5. The Kier molecular flexibility index (Phi) is 9.04. The summed E-state index contributed by atoms with van der Waals surface area (Å²) >= 11 is 2.95. The zero-order valence-corrected chi connectivity index (χ0v) is 23.7. The minimum absolute atomic E-state index is 0.164. The van der Waals surface area contributed by atoms with Crippen molar-refractivity contribution < 1.29 is 19.1 Å². The summed E-state index contributed by atoms with van der Waals surface area (Å²) in [5.41, 5.74) is 0.774. The predicted octanol–water partition coefficient (Wildman–Crippen LogP) is 4.36. The van der Waals surface area contributed by atoms with Crippen molar-refractivity contribution in [3.05, 3.63) is 71.9 Å². The lowest BCUT2D eigenvalue weighted by Crippen LogP contribution is -2.47. The minimum Gasteiger partial charge on any atom is -0.456 e. The van der Waals surface area contributed by atoms with E-state index >= 15 is 0 Å². The van der Waals surface area contributed by atoms with Crippen LogP contribution in [0.2, 0.25) is 0 Å². The molecule has 1 amide bonds. The van der Waals surface area contributed by atoms with Crippen molar-refractivity contribution in [2.45, 2.75) is 42.7 Å². The van der Waals surface area contributed by atoms with E-state index < -0.39 is 5.97 Å². The fourth-order valence-electron chi connectivity index (χ4n) is 4.16. The molecule has 0 atom stereocenters. The molecule has 40 heavy (non-hydrogen) atoms. The lowest BCUT2D eigenvalue weighted by molar-refractivity contribution is -0.150. The molecule has 0 aromatic carbocycles. The van der Waals surface area contributed by atoms with Gasteiger partial charge in [0.25, 0.3) is 5.91 Å². The van der Waals surface area contributed by atoms with Gasteiger partial charge in [0, 0.05) is 61.8 Å². The van der Waals surface area contributed by atoms with E-state index in [1.54, 1.807) is 23.5 Å². The van der Waals surface area contributed by atoms with Crippen molar-refractivity contribution in [3.63, 3.8) is 0 Å². The molecule has 3 aromatic heterocycles. The van der Waals surface area contributed by atoms with Gasteiger partial charge in [-0.3, -0.25) is 19.6 Å². The van der Waals surface area contributed by atoms with Gasteiger partial charge in [0.05, 0.1) is 5.69 Å². The average molecular weight is 580 g/mol. The molecular weight excluding hydrogens is 550 g/mol. The van der Waals surface area contributed by atoms with E-state index in [1.165, 1.54) is 30.6 Å². The molecule has 0 unspecified atom stereocenters. The molecule has 2 aliphatic rings. The van der Waals surface area contributed by atoms with Crippen molar-refractivity contribution in [1.29, 1.82) is 0 Å². The van der Waals surface area contributed by atoms with Crippen LogP contribution in [-0.2, 0) is 14.3 Å². The highest BCUT2D eigenvalue weighted by Crippen LogP contribution is 2.37. The molecule has 2 N–H and O–H groups in total. The zero-order chi connectivity index (χ0) is 27.9. The van der Waals surface area contributed by atoms with E-state index in [1.807, 2.05) is 49.5 Å². The van der Waals surface area contributed by atoms with Gasteiger partial charge in [-0.1, -0.05) is 17.8 Å². The summed E-state index contributed by atoms with van der Waals surface area (Å²) in [7, 11) is 0. The fraction of sp³-hybridized carbons (Fsp3) is 0.296. The lowest BCUT2D eigenvalue weighted by Gasteiger charge is -2.36. The number of carbonyl (C=O) groups excluding carboxylic acids is 2. The molecular formula is C27H29N7O4S2. The Labute approximate surface area is 240 Å². The molecule has 0 spiro atoms. The maximum atomic E-state index is 12.3. The van der Waals surface area contributed by atoms with Gasteiger partial charge in [0.1, 0.15) is 15.8 Å². The first-order chi connectivity index (χ1) is 19.4. The molecule has 5 heterocycles. The smallest absolute Gasteiger partial charge is 0.303 e. The number of aromatic nitrogens is 3. The average Bonchev–Trinajstić information content (AvgIpc) is 3.43. The van der Waals surface area contributed by atoms with Crippen molar-refractivity contribution in [3.8, 4) is 11.5 Å². The third-order valence-electron chi connectivity index (χ3n) is 6.23. The first kappa shape index (κ1) is 27.7. The first-order valence-electron chi connectivity index (χ1n) is 12.7. The summed E-state index contributed by atoms with van der Waals surface area (Å²) in [4.78, 5) is 42.6. The van der Waals surface area contributed by atoms with Gasteiger partial charge in [-0.2, -0.15) is 4.83 Å². The van der Waals surface area contributed by atoms with Gasteiger partial charge < -0.3 is 19.7 Å². The zero-order valence-electron chi connectivity index (χ0n) is 22.1.